The number of carboxylic acids is 1. The summed E-state index contributed by atoms with van der Waals surface area (Å²) >= 11 is 0. The third-order valence-electron chi connectivity index (χ3n) is 4.09. The molecule has 1 aliphatic rings. The molecule has 1 atom stereocenters. The molecule has 128 valence electrons. The summed E-state index contributed by atoms with van der Waals surface area (Å²) in [4.78, 5) is 13.6. The number of carbonyl (C=O) groups is 1. The van der Waals surface area contributed by atoms with E-state index in [1.807, 2.05) is 54.5 Å². The van der Waals surface area contributed by atoms with Gasteiger partial charge < -0.3 is 14.4 Å². The van der Waals surface area contributed by atoms with Crippen LogP contribution in [-0.2, 0) is 24.4 Å². The van der Waals surface area contributed by atoms with Crippen molar-refractivity contribution < 1.29 is 14.6 Å². The summed E-state index contributed by atoms with van der Waals surface area (Å²) in [6, 6.07) is 7.19. The molecule has 0 fully saturated rings. The summed E-state index contributed by atoms with van der Waals surface area (Å²) in [6.45, 7) is 7.16. The Balaban J connectivity index is 1.81. The Bertz CT molecular complexity index is 741. The van der Waals surface area contributed by atoms with Crippen LogP contribution in [0.15, 0.2) is 24.3 Å². The quantitative estimate of drug-likeness (QED) is 0.901. The van der Waals surface area contributed by atoms with Crippen LogP contribution in [0.3, 0.4) is 0 Å². The molecule has 2 aromatic rings. The number of nitrogens with zero attached hydrogens (tertiary/aromatic N) is 4. The van der Waals surface area contributed by atoms with E-state index in [1.165, 1.54) is 0 Å². The lowest BCUT2D eigenvalue weighted by Gasteiger charge is -2.33. The Morgan fingerprint density at radius 3 is 2.92 bits per heavy atom. The number of carboxylic acid groups (broad SMARTS) is 1. The van der Waals surface area contributed by atoms with Crippen molar-refractivity contribution in [2.45, 2.75) is 52.6 Å². The number of fused-ring (bicyclic) bond motifs is 1. The molecule has 1 aromatic heterocycles. The normalized spacial score (nSPS) is 17.8. The lowest BCUT2D eigenvalue weighted by molar-refractivity contribution is -0.145. The fraction of sp³-hybridized carbons (Fsp3) is 0.471. The minimum Gasteiger partial charge on any atom is -0.491 e. The van der Waals surface area contributed by atoms with Crippen molar-refractivity contribution in [2.75, 3.05) is 0 Å². The van der Waals surface area contributed by atoms with Crippen molar-refractivity contribution in [1.82, 2.24) is 19.7 Å². The maximum atomic E-state index is 11.7. The van der Waals surface area contributed by atoms with Crippen LogP contribution in [0.2, 0.25) is 0 Å². The standard InChI is InChI=1S/C17H22N4O3/c1-11(2)24-14-6-4-5-13(7-14)8-20-10-16-19-18-12(3)21(16)9-15(20)17(22)23/h4-7,11,15H,8-10H2,1-3H3,(H,22,23). The summed E-state index contributed by atoms with van der Waals surface area (Å²) in [6.07, 6.45) is 0.100. The van der Waals surface area contributed by atoms with Crippen LogP contribution in [0, 0.1) is 6.92 Å². The molecule has 0 amide bonds. The van der Waals surface area contributed by atoms with Gasteiger partial charge in [-0.25, -0.2) is 0 Å². The Hall–Kier alpha value is -2.41. The molecular formula is C17H22N4O3. The second-order valence-electron chi connectivity index (χ2n) is 6.35. The topological polar surface area (TPSA) is 80.5 Å². The van der Waals surface area contributed by atoms with Gasteiger partial charge >= 0.3 is 5.97 Å². The van der Waals surface area contributed by atoms with Gasteiger partial charge in [0, 0.05) is 6.54 Å². The van der Waals surface area contributed by atoms with Crippen LogP contribution >= 0.6 is 0 Å². The number of hydrogen-bond donors (Lipinski definition) is 1. The first-order chi connectivity index (χ1) is 11.4. The molecule has 3 rings (SSSR count). The predicted octanol–water partition coefficient (Wildman–Crippen LogP) is 1.84. The van der Waals surface area contributed by atoms with Crippen molar-refractivity contribution in [3.63, 3.8) is 0 Å². The molecule has 2 heterocycles. The second kappa shape index (κ2) is 6.60. The zero-order chi connectivity index (χ0) is 17.3. The summed E-state index contributed by atoms with van der Waals surface area (Å²) in [5.74, 6) is 1.52. The fourth-order valence-electron chi connectivity index (χ4n) is 2.98. The molecule has 1 aliphatic heterocycles. The predicted molar refractivity (Wildman–Crippen MR) is 87.6 cm³/mol. The Morgan fingerprint density at radius 1 is 1.42 bits per heavy atom. The number of benzene rings is 1. The molecule has 1 N–H and O–H groups in total. The van der Waals surface area contributed by atoms with Crippen LogP contribution in [0.25, 0.3) is 0 Å². The fourth-order valence-corrected chi connectivity index (χ4v) is 2.98. The van der Waals surface area contributed by atoms with E-state index in [0.29, 0.717) is 19.6 Å². The highest BCUT2D eigenvalue weighted by Crippen LogP contribution is 2.22. The van der Waals surface area contributed by atoms with Gasteiger partial charge in [0.25, 0.3) is 0 Å². The third kappa shape index (κ3) is 3.41. The van der Waals surface area contributed by atoms with Crippen LogP contribution in [0.1, 0.15) is 31.1 Å². The first-order valence-corrected chi connectivity index (χ1v) is 8.05. The average Bonchev–Trinajstić information content (AvgIpc) is 2.86. The minimum absolute atomic E-state index is 0.100. The highest BCUT2D eigenvalue weighted by molar-refractivity contribution is 5.73. The summed E-state index contributed by atoms with van der Waals surface area (Å²) in [5.41, 5.74) is 1.02. The molecule has 0 saturated carbocycles. The minimum atomic E-state index is -0.830. The number of rotatable bonds is 5. The molecular weight excluding hydrogens is 308 g/mol. The molecule has 7 nitrogen and oxygen atoms in total. The number of aromatic nitrogens is 3. The number of ether oxygens (including phenoxy) is 1. The molecule has 1 aromatic carbocycles. The Morgan fingerprint density at radius 2 is 2.21 bits per heavy atom. The van der Waals surface area contributed by atoms with Crippen LogP contribution in [-0.4, -0.2) is 42.9 Å². The van der Waals surface area contributed by atoms with Crippen LogP contribution < -0.4 is 4.74 Å². The zero-order valence-electron chi connectivity index (χ0n) is 14.1. The van der Waals surface area contributed by atoms with Gasteiger partial charge in [-0.05, 0) is 38.5 Å². The van der Waals surface area contributed by atoms with E-state index in [0.717, 1.165) is 23.0 Å². The van der Waals surface area contributed by atoms with E-state index in [9.17, 15) is 9.90 Å². The van der Waals surface area contributed by atoms with E-state index in [2.05, 4.69) is 10.2 Å². The van der Waals surface area contributed by atoms with Gasteiger partial charge in [-0.3, -0.25) is 9.69 Å². The van der Waals surface area contributed by atoms with Gasteiger partial charge in [0.1, 0.15) is 23.4 Å². The lowest BCUT2D eigenvalue weighted by atomic mass is 10.1. The molecule has 24 heavy (non-hydrogen) atoms. The van der Waals surface area contributed by atoms with Crippen molar-refractivity contribution >= 4 is 5.97 Å². The van der Waals surface area contributed by atoms with Crippen LogP contribution in [0.4, 0.5) is 0 Å². The maximum Gasteiger partial charge on any atom is 0.322 e. The van der Waals surface area contributed by atoms with Gasteiger partial charge in [-0.15, -0.1) is 10.2 Å². The first kappa shape index (κ1) is 16.4. The smallest absolute Gasteiger partial charge is 0.322 e. The highest BCUT2D eigenvalue weighted by atomic mass is 16.5. The molecule has 7 heteroatoms. The third-order valence-corrected chi connectivity index (χ3v) is 4.09. The summed E-state index contributed by atoms with van der Waals surface area (Å²) in [7, 11) is 0. The van der Waals surface area contributed by atoms with Crippen molar-refractivity contribution in [3.05, 3.63) is 41.5 Å². The number of aliphatic carboxylic acids is 1. The molecule has 1 unspecified atom stereocenters. The van der Waals surface area contributed by atoms with Crippen molar-refractivity contribution in [1.29, 1.82) is 0 Å². The second-order valence-corrected chi connectivity index (χ2v) is 6.35. The first-order valence-electron chi connectivity index (χ1n) is 8.05. The lowest BCUT2D eigenvalue weighted by Crippen LogP contribution is -2.47. The van der Waals surface area contributed by atoms with Crippen molar-refractivity contribution in [2.24, 2.45) is 0 Å². The van der Waals surface area contributed by atoms with Gasteiger partial charge in [0.15, 0.2) is 0 Å². The highest BCUT2D eigenvalue weighted by Gasteiger charge is 2.33. The number of aryl methyl sites for hydroxylation is 1. The zero-order valence-corrected chi connectivity index (χ0v) is 14.1. The molecule has 0 bridgehead atoms. The number of hydrogen-bond acceptors (Lipinski definition) is 5. The van der Waals surface area contributed by atoms with Gasteiger partial charge in [0.2, 0.25) is 0 Å². The molecule has 0 spiro atoms. The van der Waals surface area contributed by atoms with Gasteiger partial charge in [0.05, 0.1) is 19.2 Å². The van der Waals surface area contributed by atoms with E-state index in [-0.39, 0.29) is 6.10 Å². The molecule has 0 aliphatic carbocycles. The van der Waals surface area contributed by atoms with E-state index >= 15 is 0 Å². The summed E-state index contributed by atoms with van der Waals surface area (Å²) in [5, 5.41) is 17.8. The Labute approximate surface area is 140 Å². The SMILES string of the molecule is Cc1nnc2n1CC(C(=O)O)N(Cc1cccc(OC(C)C)c1)C2. The van der Waals surface area contributed by atoms with Gasteiger partial charge in [-0.2, -0.15) is 0 Å². The average molecular weight is 330 g/mol. The van der Waals surface area contributed by atoms with Crippen LogP contribution in [0.5, 0.6) is 5.75 Å². The molecule has 0 saturated heterocycles. The van der Waals surface area contributed by atoms with E-state index in [4.69, 9.17) is 4.74 Å². The van der Waals surface area contributed by atoms with E-state index < -0.39 is 12.0 Å². The Kier molecular flexibility index (Phi) is 4.53. The van der Waals surface area contributed by atoms with E-state index in [1.54, 1.807) is 0 Å². The summed E-state index contributed by atoms with van der Waals surface area (Å²) < 4.78 is 7.60. The monoisotopic (exact) mass is 330 g/mol. The maximum absolute atomic E-state index is 11.7. The molecule has 0 radical (unpaired) electrons. The largest absolute Gasteiger partial charge is 0.491 e. The van der Waals surface area contributed by atoms with Gasteiger partial charge in [-0.1, -0.05) is 12.1 Å². The van der Waals surface area contributed by atoms with Crippen molar-refractivity contribution in [3.8, 4) is 5.75 Å².